The van der Waals surface area contributed by atoms with Crippen LogP contribution in [0, 0.1) is 17.3 Å². The van der Waals surface area contributed by atoms with Gasteiger partial charge in [-0.2, -0.15) is 0 Å². The highest BCUT2D eigenvalue weighted by Crippen LogP contribution is 2.63. The van der Waals surface area contributed by atoms with E-state index in [1.54, 1.807) is 17.9 Å². The summed E-state index contributed by atoms with van der Waals surface area (Å²) in [6.45, 7) is 17.0. The first-order valence-corrected chi connectivity index (χ1v) is 13.4. The number of rotatable bonds is 12. The number of hydrogen-bond acceptors (Lipinski definition) is 5. The van der Waals surface area contributed by atoms with Crippen LogP contribution in [0.25, 0.3) is 0 Å². The number of nitrogens with zero attached hydrogens (tertiary/aromatic N) is 2. The smallest absolute Gasteiger partial charge is 0.310 e. The lowest BCUT2D eigenvalue weighted by molar-refractivity contribution is -0.158. The van der Waals surface area contributed by atoms with Gasteiger partial charge in [-0.15, -0.1) is 6.58 Å². The molecule has 3 heterocycles. The molecule has 2 bridgehead atoms. The predicted molar refractivity (Wildman–Crippen MR) is 137 cm³/mol. The maximum Gasteiger partial charge on any atom is 0.310 e. The van der Waals surface area contributed by atoms with Crippen molar-refractivity contribution < 1.29 is 29.3 Å². The number of unbranched alkanes of at least 4 members (excludes halogenated alkanes) is 3. The summed E-state index contributed by atoms with van der Waals surface area (Å²) < 4.78 is 6.52. The molecule has 2 amide bonds. The summed E-state index contributed by atoms with van der Waals surface area (Å²) in [6, 6.07) is -0.863. The van der Waals surface area contributed by atoms with E-state index >= 15 is 0 Å². The normalized spacial score (nSPS) is 31.6. The molecule has 0 aromatic carbocycles. The Bertz CT molecular complexity index is 880. The van der Waals surface area contributed by atoms with E-state index < -0.39 is 40.6 Å². The quantitative estimate of drug-likeness (QED) is 0.309. The van der Waals surface area contributed by atoms with Crippen LogP contribution in [0.5, 0.6) is 0 Å². The number of aliphatic hydroxyl groups is 1. The van der Waals surface area contributed by atoms with E-state index in [1.165, 1.54) is 0 Å². The van der Waals surface area contributed by atoms with Crippen molar-refractivity contribution in [1.82, 2.24) is 9.80 Å². The summed E-state index contributed by atoms with van der Waals surface area (Å²) in [7, 11) is 0. The predicted octanol–water partition coefficient (Wildman–Crippen LogP) is 3.62. The highest BCUT2D eigenvalue weighted by molar-refractivity contribution is 5.98. The summed E-state index contributed by atoms with van der Waals surface area (Å²) in [4.78, 5) is 44.2. The standard InChI is InChI=1S/C28H46N2O6/c1-8-15-30(26(5,6)18-25(2,3)4)23(33)21-28-14-13-27(7,36-28)20(24(34)35)19(28)22(32)29(21)16-11-9-10-12-17-31/h8,19-21,31H,1,9-18H2,2-7H3,(H,34,35)/t19-,20+,21?,27-,28?/m0/s1. The summed E-state index contributed by atoms with van der Waals surface area (Å²) in [5, 5.41) is 19.2. The van der Waals surface area contributed by atoms with Gasteiger partial charge >= 0.3 is 5.97 Å². The van der Waals surface area contributed by atoms with Crippen molar-refractivity contribution in [2.75, 3.05) is 19.7 Å². The van der Waals surface area contributed by atoms with E-state index in [-0.39, 0.29) is 23.8 Å². The molecular formula is C28H46N2O6. The van der Waals surface area contributed by atoms with Gasteiger partial charge in [0.2, 0.25) is 11.8 Å². The summed E-state index contributed by atoms with van der Waals surface area (Å²) in [5.74, 6) is -3.34. The van der Waals surface area contributed by atoms with Crippen molar-refractivity contribution in [2.24, 2.45) is 17.3 Å². The highest BCUT2D eigenvalue weighted by Gasteiger charge is 2.78. The fraction of sp³-hybridized carbons (Fsp3) is 0.821. The van der Waals surface area contributed by atoms with Gasteiger partial charge in [-0.3, -0.25) is 14.4 Å². The molecule has 2 unspecified atom stereocenters. The number of ether oxygens (including phenoxy) is 1. The number of carboxylic acid groups (broad SMARTS) is 1. The molecule has 3 saturated heterocycles. The molecule has 3 fully saturated rings. The summed E-state index contributed by atoms with van der Waals surface area (Å²) in [5.41, 5.74) is -2.64. The van der Waals surface area contributed by atoms with E-state index in [1.807, 2.05) is 18.7 Å². The lowest BCUT2D eigenvalue weighted by Gasteiger charge is -2.45. The average Bonchev–Trinajstić information content (AvgIpc) is 3.30. The zero-order chi connectivity index (χ0) is 27.1. The maximum absolute atomic E-state index is 14.5. The lowest BCUT2D eigenvalue weighted by atomic mass is 9.66. The van der Waals surface area contributed by atoms with Crippen molar-refractivity contribution in [3.8, 4) is 0 Å². The van der Waals surface area contributed by atoms with E-state index in [9.17, 15) is 19.5 Å². The Kier molecular flexibility index (Phi) is 8.02. The molecule has 2 N–H and O–H groups in total. The molecule has 0 aliphatic carbocycles. The third-order valence-electron chi connectivity index (χ3n) is 8.36. The van der Waals surface area contributed by atoms with Crippen LogP contribution in [0.3, 0.4) is 0 Å². The number of carbonyl (C=O) groups excluding carboxylic acids is 2. The SMILES string of the molecule is C=CCN(C(=O)C1N(CCCCCCO)C(=O)[C@@H]2[C@H](C(=O)O)[C@]3(C)CCC12O3)C(C)(C)CC(C)(C)C. The fourth-order valence-corrected chi connectivity index (χ4v) is 7.37. The topological polar surface area (TPSA) is 107 Å². The largest absolute Gasteiger partial charge is 0.481 e. The van der Waals surface area contributed by atoms with Gasteiger partial charge in [0.1, 0.15) is 11.6 Å². The first-order valence-electron chi connectivity index (χ1n) is 13.4. The second-order valence-electron chi connectivity index (χ2n) is 13.0. The van der Waals surface area contributed by atoms with Gasteiger partial charge in [0.05, 0.1) is 17.4 Å². The second kappa shape index (κ2) is 10.1. The molecule has 0 radical (unpaired) electrons. The van der Waals surface area contributed by atoms with Crippen LogP contribution in [-0.4, -0.2) is 80.3 Å². The van der Waals surface area contributed by atoms with Crippen LogP contribution in [0.4, 0.5) is 0 Å². The number of aliphatic carboxylic acids is 1. The number of likely N-dealkylation sites (tertiary alicyclic amines) is 1. The molecule has 8 heteroatoms. The Morgan fingerprint density at radius 1 is 1.17 bits per heavy atom. The molecule has 0 aromatic rings. The minimum atomic E-state index is -1.13. The molecule has 0 saturated carbocycles. The summed E-state index contributed by atoms with van der Waals surface area (Å²) in [6.07, 6.45) is 6.47. The number of hydrogen-bond donors (Lipinski definition) is 2. The van der Waals surface area contributed by atoms with Crippen LogP contribution in [0.15, 0.2) is 12.7 Å². The number of fused-ring (bicyclic) bond motifs is 1. The molecule has 5 atom stereocenters. The zero-order valence-electron chi connectivity index (χ0n) is 23.0. The Hall–Kier alpha value is -1.93. The van der Waals surface area contributed by atoms with Gasteiger partial charge in [0, 0.05) is 25.2 Å². The molecule has 204 valence electrons. The molecule has 0 aromatic heterocycles. The van der Waals surface area contributed by atoms with E-state index in [2.05, 4.69) is 27.4 Å². The number of aliphatic hydroxyl groups excluding tert-OH is 1. The van der Waals surface area contributed by atoms with Crippen molar-refractivity contribution in [2.45, 2.75) is 109 Å². The van der Waals surface area contributed by atoms with Gasteiger partial charge in [-0.05, 0) is 58.3 Å². The van der Waals surface area contributed by atoms with Crippen molar-refractivity contribution in [3.63, 3.8) is 0 Å². The van der Waals surface area contributed by atoms with Crippen molar-refractivity contribution >= 4 is 17.8 Å². The molecule has 36 heavy (non-hydrogen) atoms. The minimum absolute atomic E-state index is 0.0356. The fourth-order valence-electron chi connectivity index (χ4n) is 7.37. The monoisotopic (exact) mass is 506 g/mol. The highest BCUT2D eigenvalue weighted by atomic mass is 16.5. The Morgan fingerprint density at radius 2 is 1.81 bits per heavy atom. The average molecular weight is 507 g/mol. The van der Waals surface area contributed by atoms with E-state index in [0.717, 1.165) is 19.3 Å². The van der Waals surface area contributed by atoms with Crippen LogP contribution in [0.1, 0.15) is 86.5 Å². The van der Waals surface area contributed by atoms with Crippen molar-refractivity contribution in [3.05, 3.63) is 12.7 Å². The van der Waals surface area contributed by atoms with Crippen LogP contribution in [0.2, 0.25) is 0 Å². The Morgan fingerprint density at radius 3 is 2.36 bits per heavy atom. The van der Waals surface area contributed by atoms with Gasteiger partial charge in [-0.1, -0.05) is 39.7 Å². The van der Waals surface area contributed by atoms with E-state index in [4.69, 9.17) is 9.84 Å². The molecule has 3 aliphatic heterocycles. The first kappa shape index (κ1) is 28.6. The third kappa shape index (κ3) is 4.95. The molecule has 3 aliphatic rings. The van der Waals surface area contributed by atoms with Crippen LogP contribution >= 0.6 is 0 Å². The summed E-state index contributed by atoms with van der Waals surface area (Å²) >= 11 is 0. The minimum Gasteiger partial charge on any atom is -0.481 e. The Labute approximate surface area is 216 Å². The number of carboxylic acids is 1. The van der Waals surface area contributed by atoms with Gasteiger partial charge in [0.25, 0.3) is 0 Å². The lowest BCUT2D eigenvalue weighted by Crippen LogP contribution is -2.61. The maximum atomic E-state index is 14.5. The molecule has 3 rings (SSSR count). The number of amides is 2. The van der Waals surface area contributed by atoms with Crippen LogP contribution < -0.4 is 0 Å². The molecule has 8 nitrogen and oxygen atoms in total. The molecular weight excluding hydrogens is 460 g/mol. The Balaban J connectivity index is 2.02. The number of carbonyl (C=O) groups is 3. The van der Waals surface area contributed by atoms with E-state index in [0.29, 0.717) is 38.8 Å². The first-order chi connectivity index (χ1) is 16.6. The van der Waals surface area contributed by atoms with Crippen LogP contribution in [-0.2, 0) is 19.1 Å². The van der Waals surface area contributed by atoms with Gasteiger partial charge in [0.15, 0.2) is 0 Å². The second-order valence-corrected chi connectivity index (χ2v) is 13.0. The zero-order valence-corrected chi connectivity index (χ0v) is 23.0. The van der Waals surface area contributed by atoms with Gasteiger partial charge in [-0.25, -0.2) is 0 Å². The third-order valence-corrected chi connectivity index (χ3v) is 8.36. The van der Waals surface area contributed by atoms with Crippen molar-refractivity contribution in [1.29, 1.82) is 0 Å². The molecule has 1 spiro atoms. The van der Waals surface area contributed by atoms with Gasteiger partial charge < -0.3 is 24.7 Å².